The lowest BCUT2D eigenvalue weighted by Crippen LogP contribution is -1.97. The van der Waals surface area contributed by atoms with Crippen LogP contribution in [-0.4, -0.2) is 41.0 Å². The number of phenols is 1. The van der Waals surface area contributed by atoms with E-state index in [4.69, 9.17) is 0 Å². The number of hydrogen-bond donors (Lipinski definition) is 4. The number of nitrogens with one attached hydrogen (secondary N) is 1. The number of aromatic carboxylic acids is 1. The van der Waals surface area contributed by atoms with Crippen LogP contribution in [0.4, 0.5) is 0 Å². The number of rotatable bonds is 3. The number of phenolic OH excluding ortho intramolecular Hbond substituents is 1. The Bertz CT molecular complexity index is 1560. The van der Waals surface area contributed by atoms with Crippen molar-refractivity contribution >= 4 is 27.8 Å². The summed E-state index contributed by atoms with van der Waals surface area (Å²) in [5.74, 6) is -0.939. The molecule has 2 aromatic heterocycles. The lowest BCUT2D eigenvalue weighted by molar-refractivity contribution is 0.0696. The van der Waals surface area contributed by atoms with Crippen molar-refractivity contribution in [2.45, 2.75) is 20.8 Å². The fourth-order valence-corrected chi connectivity index (χ4v) is 3.98. The quantitative estimate of drug-likeness (QED) is 0.333. The molecule has 8 nitrogen and oxygen atoms in total. The monoisotopic (exact) mass is 428 g/mol. The standard InChI is InChI=1S/C24H20N4O4/c1-11-4-6-16(8-12(11)2)28-23(30)19(13(3)27-28)22-25-17-7-5-14-9-15(24(31)32)10-18(29)20(14)21(17)26-22/h4-10,29-30H,1-3H3,(H,25,26)(H,31,32). The van der Waals surface area contributed by atoms with E-state index in [1.54, 1.807) is 19.1 Å². The number of carboxylic acids is 1. The second kappa shape index (κ2) is 6.84. The molecule has 8 heteroatoms. The van der Waals surface area contributed by atoms with Crippen molar-refractivity contribution < 1.29 is 20.1 Å². The molecular weight excluding hydrogens is 408 g/mol. The summed E-state index contributed by atoms with van der Waals surface area (Å²) in [5.41, 5.74) is 5.12. The van der Waals surface area contributed by atoms with E-state index in [9.17, 15) is 20.1 Å². The van der Waals surface area contributed by atoms with E-state index in [0.717, 1.165) is 16.8 Å². The topological polar surface area (TPSA) is 124 Å². The van der Waals surface area contributed by atoms with E-state index in [1.807, 2.05) is 32.0 Å². The van der Waals surface area contributed by atoms with Gasteiger partial charge >= 0.3 is 5.97 Å². The normalized spacial score (nSPS) is 11.5. The Morgan fingerprint density at radius 3 is 2.50 bits per heavy atom. The number of aromatic hydroxyl groups is 2. The smallest absolute Gasteiger partial charge is 0.335 e. The van der Waals surface area contributed by atoms with Crippen molar-refractivity contribution in [2.24, 2.45) is 0 Å². The van der Waals surface area contributed by atoms with Gasteiger partial charge in [-0.3, -0.25) is 0 Å². The van der Waals surface area contributed by atoms with Crippen molar-refractivity contribution in [3.8, 4) is 28.7 Å². The first-order valence-electron chi connectivity index (χ1n) is 10.00. The van der Waals surface area contributed by atoms with Crippen LogP contribution in [0.5, 0.6) is 11.6 Å². The van der Waals surface area contributed by atoms with Gasteiger partial charge in [0.05, 0.1) is 27.8 Å². The summed E-state index contributed by atoms with van der Waals surface area (Å²) in [6, 6.07) is 12.0. The highest BCUT2D eigenvalue weighted by molar-refractivity contribution is 6.10. The van der Waals surface area contributed by atoms with Crippen LogP contribution in [0, 0.1) is 20.8 Å². The van der Waals surface area contributed by atoms with Crippen molar-refractivity contribution in [2.75, 3.05) is 0 Å². The van der Waals surface area contributed by atoms with Gasteiger partial charge < -0.3 is 20.3 Å². The third kappa shape index (κ3) is 2.88. The number of hydrogen-bond acceptors (Lipinski definition) is 5. The van der Waals surface area contributed by atoms with Gasteiger partial charge in [-0.05, 0) is 67.6 Å². The fourth-order valence-electron chi connectivity index (χ4n) is 3.98. The highest BCUT2D eigenvalue weighted by atomic mass is 16.4. The van der Waals surface area contributed by atoms with Gasteiger partial charge in [-0.2, -0.15) is 5.10 Å². The first kappa shape index (κ1) is 19.6. The van der Waals surface area contributed by atoms with E-state index in [1.165, 1.54) is 16.8 Å². The average Bonchev–Trinajstić information content (AvgIpc) is 3.29. The van der Waals surface area contributed by atoms with Crippen molar-refractivity contribution in [1.29, 1.82) is 0 Å². The molecule has 0 aliphatic heterocycles. The number of benzene rings is 3. The molecule has 0 saturated carbocycles. The average molecular weight is 428 g/mol. The highest BCUT2D eigenvalue weighted by Crippen LogP contribution is 2.37. The number of nitrogens with zero attached hydrogens (tertiary/aromatic N) is 3. The lowest BCUT2D eigenvalue weighted by atomic mass is 10.0. The predicted octanol–water partition coefficient (Wildman–Crippen LogP) is 4.60. The molecule has 0 aliphatic rings. The van der Waals surface area contributed by atoms with E-state index in [0.29, 0.717) is 38.9 Å². The molecule has 0 spiro atoms. The minimum absolute atomic E-state index is 0.00624. The van der Waals surface area contributed by atoms with Crippen LogP contribution in [0.15, 0.2) is 42.5 Å². The molecule has 5 aromatic rings. The summed E-state index contributed by atoms with van der Waals surface area (Å²) < 4.78 is 1.47. The molecule has 0 radical (unpaired) electrons. The largest absolute Gasteiger partial charge is 0.507 e. The molecular formula is C24H20N4O4. The van der Waals surface area contributed by atoms with Gasteiger partial charge in [0.1, 0.15) is 22.7 Å². The predicted molar refractivity (Wildman–Crippen MR) is 121 cm³/mol. The first-order chi connectivity index (χ1) is 15.2. The number of fused-ring (bicyclic) bond motifs is 3. The minimum atomic E-state index is -1.12. The molecule has 0 atom stereocenters. The number of imidazole rings is 1. The Balaban J connectivity index is 1.70. The molecule has 0 bridgehead atoms. The van der Waals surface area contributed by atoms with Gasteiger partial charge in [-0.15, -0.1) is 0 Å². The second-order valence-corrected chi connectivity index (χ2v) is 7.91. The van der Waals surface area contributed by atoms with Crippen LogP contribution in [0.1, 0.15) is 27.2 Å². The molecule has 2 heterocycles. The van der Waals surface area contributed by atoms with Gasteiger partial charge in [0.15, 0.2) is 0 Å². The van der Waals surface area contributed by atoms with Gasteiger partial charge in [0.2, 0.25) is 5.88 Å². The summed E-state index contributed by atoms with van der Waals surface area (Å²) >= 11 is 0. The Hall–Kier alpha value is -4.33. The Kier molecular flexibility index (Phi) is 4.20. The summed E-state index contributed by atoms with van der Waals surface area (Å²) in [4.78, 5) is 19.1. The van der Waals surface area contributed by atoms with Crippen LogP contribution < -0.4 is 0 Å². The highest BCUT2D eigenvalue weighted by Gasteiger charge is 2.22. The number of aryl methyl sites for hydroxylation is 3. The molecule has 4 N–H and O–H groups in total. The maximum atomic E-state index is 11.3. The maximum absolute atomic E-state index is 11.3. The zero-order chi connectivity index (χ0) is 22.7. The third-order valence-electron chi connectivity index (χ3n) is 5.80. The van der Waals surface area contributed by atoms with Gasteiger partial charge in [0.25, 0.3) is 0 Å². The molecule has 0 unspecified atom stereocenters. The number of H-pyrrole nitrogens is 1. The van der Waals surface area contributed by atoms with E-state index in [-0.39, 0.29) is 17.2 Å². The van der Waals surface area contributed by atoms with Crippen LogP contribution in [0.2, 0.25) is 0 Å². The lowest BCUT2D eigenvalue weighted by Gasteiger charge is -2.06. The second-order valence-electron chi connectivity index (χ2n) is 7.91. The fraction of sp³-hybridized carbons (Fsp3) is 0.125. The molecule has 0 amide bonds. The third-order valence-corrected chi connectivity index (χ3v) is 5.80. The summed E-state index contributed by atoms with van der Waals surface area (Å²) in [7, 11) is 0. The number of carbonyl (C=O) groups is 1. The molecule has 3 aromatic carbocycles. The molecule has 160 valence electrons. The molecule has 32 heavy (non-hydrogen) atoms. The van der Waals surface area contributed by atoms with Crippen LogP contribution in [-0.2, 0) is 0 Å². The number of aromatic amines is 1. The number of aromatic nitrogens is 4. The Morgan fingerprint density at radius 1 is 1.00 bits per heavy atom. The zero-order valence-electron chi connectivity index (χ0n) is 17.6. The number of carboxylic acid groups (broad SMARTS) is 1. The van der Waals surface area contributed by atoms with Crippen LogP contribution in [0.25, 0.3) is 38.9 Å². The first-order valence-corrected chi connectivity index (χ1v) is 10.00. The molecule has 5 rings (SSSR count). The van der Waals surface area contributed by atoms with E-state index >= 15 is 0 Å². The van der Waals surface area contributed by atoms with E-state index < -0.39 is 5.97 Å². The van der Waals surface area contributed by atoms with E-state index in [2.05, 4.69) is 15.1 Å². The summed E-state index contributed by atoms with van der Waals surface area (Å²) in [5, 5.41) is 36.2. The zero-order valence-corrected chi connectivity index (χ0v) is 17.6. The summed E-state index contributed by atoms with van der Waals surface area (Å²) in [6.45, 7) is 5.81. The van der Waals surface area contributed by atoms with Crippen LogP contribution in [0.3, 0.4) is 0 Å². The minimum Gasteiger partial charge on any atom is -0.507 e. The van der Waals surface area contributed by atoms with Crippen molar-refractivity contribution in [3.05, 3.63) is 64.8 Å². The van der Waals surface area contributed by atoms with Gasteiger partial charge in [-0.1, -0.05) is 12.1 Å². The Morgan fingerprint density at radius 2 is 1.78 bits per heavy atom. The molecule has 0 fully saturated rings. The SMILES string of the molecule is Cc1ccc(-n2nc(C)c(-c3nc4c(ccc5cc(C(=O)O)cc(O)c54)[nH]3)c2O)cc1C. The summed E-state index contributed by atoms with van der Waals surface area (Å²) in [6.07, 6.45) is 0. The molecule has 0 saturated heterocycles. The van der Waals surface area contributed by atoms with Crippen molar-refractivity contribution in [3.63, 3.8) is 0 Å². The van der Waals surface area contributed by atoms with Crippen LogP contribution >= 0.6 is 0 Å². The maximum Gasteiger partial charge on any atom is 0.335 e. The van der Waals surface area contributed by atoms with Crippen molar-refractivity contribution in [1.82, 2.24) is 19.7 Å². The Labute approximate surface area is 182 Å². The van der Waals surface area contributed by atoms with Gasteiger partial charge in [0, 0.05) is 0 Å². The molecule has 0 aliphatic carbocycles. The van der Waals surface area contributed by atoms with Gasteiger partial charge in [-0.25, -0.2) is 14.5 Å².